The van der Waals surface area contributed by atoms with Gasteiger partial charge < -0.3 is 5.11 Å². The third-order valence-electron chi connectivity index (χ3n) is 6.34. The summed E-state index contributed by atoms with van der Waals surface area (Å²) in [6.07, 6.45) is 2.66. The van der Waals surface area contributed by atoms with E-state index in [1.807, 2.05) is 0 Å². The number of thiazole rings is 1. The second-order valence-electron chi connectivity index (χ2n) is 9.20. The zero-order valence-corrected chi connectivity index (χ0v) is 22.2. The highest BCUT2D eigenvalue weighted by molar-refractivity contribution is 7.89. The summed E-state index contributed by atoms with van der Waals surface area (Å²) in [7, 11) is -4.26. The molecule has 13 heteroatoms. The molecule has 2 aromatic carbocycles. The predicted molar refractivity (Wildman–Crippen MR) is 141 cm³/mol. The summed E-state index contributed by atoms with van der Waals surface area (Å²) in [6, 6.07) is 9.43. The predicted octanol–water partition coefficient (Wildman–Crippen LogP) is 4.04. The second kappa shape index (κ2) is 10.6. The molecule has 5 rings (SSSR count). The van der Waals surface area contributed by atoms with Gasteiger partial charge in [-0.3, -0.25) is 0 Å². The maximum atomic E-state index is 14.7. The van der Waals surface area contributed by atoms with Gasteiger partial charge in [-0.1, -0.05) is 6.07 Å². The van der Waals surface area contributed by atoms with Crippen LogP contribution in [0.3, 0.4) is 0 Å². The largest absolute Gasteiger partial charge is 0.476 e. The Bertz CT molecular complexity index is 1880. The van der Waals surface area contributed by atoms with E-state index >= 15 is 0 Å². The Morgan fingerprint density at radius 2 is 1.98 bits per heavy atom. The number of primary sulfonamides is 1. The highest BCUT2D eigenvalue weighted by atomic mass is 32.2. The van der Waals surface area contributed by atoms with Crippen LogP contribution in [0, 0.1) is 40.7 Å². The smallest absolute Gasteiger partial charge is 0.355 e. The topological polar surface area (TPSA) is 152 Å². The first-order valence-corrected chi connectivity index (χ1v) is 14.3. The van der Waals surface area contributed by atoms with Crippen molar-refractivity contribution in [3.05, 3.63) is 81.5 Å². The number of rotatable bonds is 8. The summed E-state index contributed by atoms with van der Waals surface area (Å²) in [4.78, 5) is 15.1. The van der Waals surface area contributed by atoms with Gasteiger partial charge in [0.2, 0.25) is 15.2 Å². The number of sulfonamides is 1. The fraction of sp³-hybridized carbons (Fsp3) is 0.185. The maximum Gasteiger partial charge on any atom is 0.355 e. The van der Waals surface area contributed by atoms with E-state index in [-0.39, 0.29) is 17.7 Å². The summed E-state index contributed by atoms with van der Waals surface area (Å²) in [5.41, 5.74) is 2.49. The third kappa shape index (κ3) is 5.62. The summed E-state index contributed by atoms with van der Waals surface area (Å²) in [6.45, 7) is 0. The van der Waals surface area contributed by atoms with Crippen molar-refractivity contribution in [3.63, 3.8) is 0 Å². The van der Waals surface area contributed by atoms with Crippen LogP contribution in [0.2, 0.25) is 0 Å². The first-order chi connectivity index (χ1) is 19.0. The molecule has 2 aromatic heterocycles. The molecule has 1 aliphatic rings. The Hall–Kier alpha value is -4.43. The van der Waals surface area contributed by atoms with E-state index in [0.29, 0.717) is 45.5 Å². The molecular formula is C27H19F2N5O4S2. The van der Waals surface area contributed by atoms with E-state index < -0.39 is 32.5 Å². The molecule has 2 heterocycles. The lowest BCUT2D eigenvalue weighted by atomic mass is 9.96. The standard InChI is InChI=1S/C27H19F2N5O4S2/c28-20-7-6-18(13-17(20)2-1-9-30)25-19(10-16-5-8-24(21(29)11-16)40(31,37)38)23(12-15-3-4-15)34(33-25)27-32-22(14-39-27)26(35)36/h5-8,11,13-15H,3-4,10,12H2,(H,35,36)(H2,31,37,38). The van der Waals surface area contributed by atoms with E-state index in [1.165, 1.54) is 29.6 Å². The highest BCUT2D eigenvalue weighted by Gasteiger charge is 2.29. The monoisotopic (exact) mass is 579 g/mol. The van der Waals surface area contributed by atoms with Gasteiger partial charge in [-0.15, -0.1) is 11.3 Å². The van der Waals surface area contributed by atoms with Gasteiger partial charge in [0.05, 0.1) is 17.0 Å². The van der Waals surface area contributed by atoms with E-state index in [0.717, 1.165) is 36.3 Å². The number of nitriles is 1. The molecule has 1 saturated carbocycles. The van der Waals surface area contributed by atoms with Crippen molar-refractivity contribution in [2.45, 2.75) is 30.6 Å². The van der Waals surface area contributed by atoms with Crippen LogP contribution >= 0.6 is 11.3 Å². The maximum absolute atomic E-state index is 14.7. The molecule has 3 N–H and O–H groups in total. The van der Waals surface area contributed by atoms with Crippen LogP contribution in [-0.2, 0) is 22.9 Å². The number of hydrogen-bond acceptors (Lipinski definition) is 7. The minimum Gasteiger partial charge on any atom is -0.476 e. The molecule has 0 amide bonds. The van der Waals surface area contributed by atoms with Gasteiger partial charge >= 0.3 is 5.97 Å². The number of carboxylic acids is 1. The van der Waals surface area contributed by atoms with E-state index in [9.17, 15) is 27.1 Å². The number of halogens is 2. The Morgan fingerprint density at radius 1 is 1.20 bits per heavy atom. The lowest BCUT2D eigenvalue weighted by Gasteiger charge is -2.10. The lowest BCUT2D eigenvalue weighted by molar-refractivity contribution is 0.0691. The summed E-state index contributed by atoms with van der Waals surface area (Å²) < 4.78 is 54.1. The van der Waals surface area contributed by atoms with Gasteiger partial charge in [-0.05, 0) is 67.0 Å². The minimum absolute atomic E-state index is 0.0192. The number of carbonyl (C=O) groups is 1. The number of aromatic nitrogens is 3. The number of benzene rings is 2. The van der Waals surface area contributed by atoms with Crippen molar-refractivity contribution in [2.24, 2.45) is 11.1 Å². The molecule has 1 aliphatic carbocycles. The van der Waals surface area contributed by atoms with Crippen molar-refractivity contribution in [1.82, 2.24) is 14.8 Å². The minimum atomic E-state index is -4.26. The van der Waals surface area contributed by atoms with Crippen LogP contribution in [0.1, 0.15) is 45.7 Å². The van der Waals surface area contributed by atoms with Gasteiger partial charge in [0.1, 0.15) is 16.5 Å². The van der Waals surface area contributed by atoms with Crippen LogP contribution in [0.15, 0.2) is 46.7 Å². The molecule has 4 aromatic rings. The van der Waals surface area contributed by atoms with Crippen molar-refractivity contribution in [3.8, 4) is 34.3 Å². The van der Waals surface area contributed by atoms with E-state index in [1.54, 1.807) is 10.8 Å². The van der Waals surface area contributed by atoms with Gasteiger partial charge in [0.25, 0.3) is 0 Å². The lowest BCUT2D eigenvalue weighted by Crippen LogP contribution is -2.14. The zero-order valence-electron chi connectivity index (χ0n) is 20.6. The molecule has 202 valence electrons. The molecule has 0 radical (unpaired) electrons. The number of hydrogen-bond donors (Lipinski definition) is 2. The fourth-order valence-electron chi connectivity index (χ4n) is 4.28. The molecule has 0 saturated heterocycles. The number of nitrogens with zero attached hydrogens (tertiary/aromatic N) is 4. The Balaban J connectivity index is 1.71. The van der Waals surface area contributed by atoms with Crippen molar-refractivity contribution < 1.29 is 27.1 Å². The highest BCUT2D eigenvalue weighted by Crippen LogP contribution is 2.38. The van der Waals surface area contributed by atoms with Gasteiger partial charge in [-0.25, -0.2) is 36.8 Å². The summed E-state index contributed by atoms with van der Waals surface area (Å²) in [5, 5.41) is 29.8. The van der Waals surface area contributed by atoms with E-state index in [2.05, 4.69) is 16.8 Å². The normalized spacial score (nSPS) is 12.9. The SMILES string of the molecule is N#CC#Cc1cc(-c2nn(-c3nc(C(=O)O)cs3)c(CC3CC3)c2Cc2ccc(S(N)(=O)=O)c(F)c2)ccc1F. The first-order valence-electron chi connectivity index (χ1n) is 11.9. The van der Waals surface area contributed by atoms with Gasteiger partial charge in [0.15, 0.2) is 11.8 Å². The molecule has 40 heavy (non-hydrogen) atoms. The van der Waals surface area contributed by atoms with Gasteiger partial charge in [-0.2, -0.15) is 10.4 Å². The first kappa shape index (κ1) is 27.1. The fourth-order valence-corrected chi connectivity index (χ4v) is 5.64. The van der Waals surface area contributed by atoms with Gasteiger partial charge in [0, 0.05) is 28.8 Å². The van der Waals surface area contributed by atoms with Crippen LogP contribution in [0.25, 0.3) is 16.4 Å². The van der Waals surface area contributed by atoms with Crippen molar-refractivity contribution in [2.75, 3.05) is 0 Å². The molecule has 0 aliphatic heterocycles. The zero-order chi connectivity index (χ0) is 28.6. The molecular weight excluding hydrogens is 560 g/mol. The molecule has 0 spiro atoms. The Kier molecular flexibility index (Phi) is 7.21. The van der Waals surface area contributed by atoms with Crippen molar-refractivity contribution in [1.29, 1.82) is 5.26 Å². The molecule has 0 unspecified atom stereocenters. The molecule has 1 fully saturated rings. The second-order valence-corrected chi connectivity index (χ2v) is 11.6. The van der Waals surface area contributed by atoms with Crippen LogP contribution in [0.5, 0.6) is 0 Å². The third-order valence-corrected chi connectivity index (χ3v) is 8.10. The quantitative estimate of drug-likeness (QED) is 0.299. The molecule has 0 atom stereocenters. The Labute approximate surface area is 231 Å². The number of nitrogens with two attached hydrogens (primary N) is 1. The average Bonchev–Trinajstić information content (AvgIpc) is 3.45. The molecule has 0 bridgehead atoms. The average molecular weight is 580 g/mol. The number of carboxylic acid groups (broad SMARTS) is 1. The molecule has 9 nitrogen and oxygen atoms in total. The van der Waals surface area contributed by atoms with E-state index in [4.69, 9.17) is 15.5 Å². The van der Waals surface area contributed by atoms with Crippen LogP contribution in [-0.4, -0.2) is 34.3 Å². The summed E-state index contributed by atoms with van der Waals surface area (Å²) >= 11 is 1.09. The van der Waals surface area contributed by atoms with Crippen LogP contribution < -0.4 is 5.14 Å². The van der Waals surface area contributed by atoms with Crippen molar-refractivity contribution >= 4 is 27.3 Å². The summed E-state index contributed by atoms with van der Waals surface area (Å²) in [5.74, 6) is 2.18. The Morgan fingerprint density at radius 3 is 2.60 bits per heavy atom. The van der Waals surface area contributed by atoms with Crippen LogP contribution in [0.4, 0.5) is 8.78 Å². The number of aromatic carboxylic acids is 1.